The van der Waals surface area contributed by atoms with E-state index in [2.05, 4.69) is 33.0 Å². The lowest BCUT2D eigenvalue weighted by atomic mass is 9.93. The van der Waals surface area contributed by atoms with Crippen molar-refractivity contribution in [3.63, 3.8) is 0 Å². The van der Waals surface area contributed by atoms with E-state index in [-0.39, 0.29) is 41.0 Å². The summed E-state index contributed by atoms with van der Waals surface area (Å²) in [5.74, 6) is 0.262. The SMILES string of the molecule is CC(C)CN(Cc1cccc(OS(=O)(=O)c2ccc(F)cc2)c1)C(=O)Nc1c(C(C)C)cccc1C(C)C. The molecule has 0 radical (unpaired) electrons. The van der Waals surface area contributed by atoms with Gasteiger partial charge in [0.25, 0.3) is 0 Å². The number of hydrogen-bond acceptors (Lipinski definition) is 4. The van der Waals surface area contributed by atoms with Crippen molar-refractivity contribution in [3.8, 4) is 5.75 Å². The maximum absolute atomic E-state index is 13.6. The van der Waals surface area contributed by atoms with Crippen LogP contribution < -0.4 is 9.50 Å². The molecule has 0 atom stereocenters. The molecular formula is C30H37FN2O4S. The number of halogens is 1. The zero-order chi connectivity index (χ0) is 28.0. The molecule has 0 saturated carbocycles. The maximum Gasteiger partial charge on any atom is 0.339 e. The number of urea groups is 1. The number of nitrogens with zero attached hydrogens (tertiary/aromatic N) is 1. The van der Waals surface area contributed by atoms with Crippen LogP contribution >= 0.6 is 0 Å². The summed E-state index contributed by atoms with van der Waals surface area (Å²) in [4.78, 5) is 15.2. The fourth-order valence-electron chi connectivity index (χ4n) is 4.23. The van der Waals surface area contributed by atoms with Gasteiger partial charge in [-0.15, -0.1) is 0 Å². The molecule has 1 N–H and O–H groups in total. The molecule has 3 rings (SSSR count). The molecular weight excluding hydrogens is 503 g/mol. The van der Waals surface area contributed by atoms with Crippen molar-refractivity contribution in [2.75, 3.05) is 11.9 Å². The Kier molecular flexibility index (Phi) is 9.55. The zero-order valence-electron chi connectivity index (χ0n) is 22.9. The van der Waals surface area contributed by atoms with Crippen molar-refractivity contribution in [3.05, 3.63) is 89.2 Å². The van der Waals surface area contributed by atoms with E-state index in [9.17, 15) is 17.6 Å². The molecule has 0 bridgehead atoms. The van der Waals surface area contributed by atoms with E-state index >= 15 is 0 Å². The molecule has 2 amide bonds. The summed E-state index contributed by atoms with van der Waals surface area (Å²) in [5.41, 5.74) is 3.72. The van der Waals surface area contributed by atoms with Crippen LogP contribution in [-0.2, 0) is 16.7 Å². The second-order valence-electron chi connectivity index (χ2n) is 10.5. The first-order valence-electron chi connectivity index (χ1n) is 12.8. The van der Waals surface area contributed by atoms with E-state index in [1.807, 2.05) is 38.1 Å². The van der Waals surface area contributed by atoms with Crippen LogP contribution in [0.3, 0.4) is 0 Å². The highest BCUT2D eigenvalue weighted by Crippen LogP contribution is 2.33. The van der Waals surface area contributed by atoms with E-state index in [1.54, 1.807) is 17.0 Å². The summed E-state index contributed by atoms with van der Waals surface area (Å²) in [6.07, 6.45) is 0. The van der Waals surface area contributed by atoms with Crippen molar-refractivity contribution in [1.29, 1.82) is 0 Å². The first-order chi connectivity index (χ1) is 17.9. The first kappa shape index (κ1) is 29.2. The summed E-state index contributed by atoms with van der Waals surface area (Å²) in [6.45, 7) is 13.3. The summed E-state index contributed by atoms with van der Waals surface area (Å²) in [7, 11) is -4.14. The minimum atomic E-state index is -4.14. The van der Waals surface area contributed by atoms with Gasteiger partial charge in [0, 0.05) is 18.8 Å². The first-order valence-corrected chi connectivity index (χ1v) is 14.3. The number of benzene rings is 3. The van der Waals surface area contributed by atoms with Crippen LogP contribution in [0.25, 0.3) is 0 Å². The van der Waals surface area contributed by atoms with Gasteiger partial charge in [-0.1, -0.05) is 71.9 Å². The lowest BCUT2D eigenvalue weighted by Crippen LogP contribution is -2.37. The van der Waals surface area contributed by atoms with Gasteiger partial charge in [-0.3, -0.25) is 0 Å². The highest BCUT2D eigenvalue weighted by atomic mass is 32.2. The number of carbonyl (C=O) groups excluding carboxylic acids is 1. The van der Waals surface area contributed by atoms with Crippen molar-refractivity contribution >= 4 is 21.8 Å². The van der Waals surface area contributed by atoms with Gasteiger partial charge in [-0.2, -0.15) is 8.42 Å². The van der Waals surface area contributed by atoms with Gasteiger partial charge < -0.3 is 14.4 Å². The average Bonchev–Trinajstić information content (AvgIpc) is 2.83. The Hall–Kier alpha value is -3.39. The Morgan fingerprint density at radius 1 is 0.895 bits per heavy atom. The molecule has 38 heavy (non-hydrogen) atoms. The Morgan fingerprint density at radius 3 is 2.03 bits per heavy atom. The topological polar surface area (TPSA) is 75.7 Å². The lowest BCUT2D eigenvalue weighted by molar-refractivity contribution is 0.201. The highest BCUT2D eigenvalue weighted by molar-refractivity contribution is 7.87. The van der Waals surface area contributed by atoms with E-state index < -0.39 is 15.9 Å². The average molecular weight is 541 g/mol. The standard InChI is InChI=1S/C30H37FN2O4S/c1-20(2)18-33(30(34)32-29-27(21(3)4)11-8-12-28(29)22(5)6)19-23-9-7-10-25(17-23)37-38(35,36)26-15-13-24(31)14-16-26/h7-17,20-22H,18-19H2,1-6H3,(H,32,34). The van der Waals surface area contributed by atoms with Crippen LogP contribution in [0.2, 0.25) is 0 Å². The number of nitrogens with one attached hydrogen (secondary N) is 1. The van der Waals surface area contributed by atoms with Crippen molar-refractivity contribution in [2.24, 2.45) is 5.92 Å². The molecule has 0 aromatic heterocycles. The highest BCUT2D eigenvalue weighted by Gasteiger charge is 2.22. The van der Waals surface area contributed by atoms with Crippen molar-refractivity contribution in [2.45, 2.75) is 64.8 Å². The van der Waals surface area contributed by atoms with Crippen LogP contribution in [0.4, 0.5) is 14.9 Å². The molecule has 8 heteroatoms. The van der Waals surface area contributed by atoms with E-state index in [0.717, 1.165) is 41.1 Å². The zero-order valence-corrected chi connectivity index (χ0v) is 23.7. The smallest absolute Gasteiger partial charge is 0.339 e. The lowest BCUT2D eigenvalue weighted by Gasteiger charge is -2.27. The number of anilines is 1. The summed E-state index contributed by atoms with van der Waals surface area (Å²) in [5, 5.41) is 3.18. The predicted octanol–water partition coefficient (Wildman–Crippen LogP) is 7.53. The van der Waals surface area contributed by atoms with Gasteiger partial charge in [-0.25, -0.2) is 9.18 Å². The van der Waals surface area contributed by atoms with Crippen LogP contribution in [0.5, 0.6) is 5.75 Å². The third-order valence-electron chi connectivity index (χ3n) is 6.06. The van der Waals surface area contributed by atoms with E-state index in [4.69, 9.17) is 4.18 Å². The Morgan fingerprint density at radius 2 is 1.47 bits per heavy atom. The molecule has 3 aromatic rings. The monoisotopic (exact) mass is 540 g/mol. The third kappa shape index (κ3) is 7.57. The van der Waals surface area contributed by atoms with Crippen molar-refractivity contribution in [1.82, 2.24) is 4.90 Å². The number of para-hydroxylation sites is 1. The van der Waals surface area contributed by atoms with Crippen LogP contribution in [-0.4, -0.2) is 25.9 Å². The molecule has 6 nitrogen and oxygen atoms in total. The minimum Gasteiger partial charge on any atom is -0.379 e. The van der Waals surface area contributed by atoms with E-state index in [1.165, 1.54) is 6.07 Å². The molecule has 0 spiro atoms. The van der Waals surface area contributed by atoms with Gasteiger partial charge in [0.2, 0.25) is 0 Å². The fourth-order valence-corrected chi connectivity index (χ4v) is 5.16. The molecule has 0 aliphatic heterocycles. The molecule has 0 unspecified atom stereocenters. The second-order valence-corrected chi connectivity index (χ2v) is 12.0. The maximum atomic E-state index is 13.6. The van der Waals surface area contributed by atoms with Gasteiger partial charge >= 0.3 is 16.1 Å². The molecule has 0 aliphatic carbocycles. The number of hydrogen-bond donors (Lipinski definition) is 1. The number of rotatable bonds is 10. The molecule has 0 saturated heterocycles. The Labute approximate surface area is 226 Å². The number of carbonyl (C=O) groups is 1. The summed E-state index contributed by atoms with van der Waals surface area (Å²) >= 11 is 0. The molecule has 3 aromatic carbocycles. The Bertz CT molecular complexity index is 1330. The summed E-state index contributed by atoms with van der Waals surface area (Å²) < 4.78 is 43.8. The van der Waals surface area contributed by atoms with Gasteiger partial charge in [0.1, 0.15) is 16.5 Å². The van der Waals surface area contributed by atoms with Crippen molar-refractivity contribution < 1.29 is 21.8 Å². The third-order valence-corrected chi connectivity index (χ3v) is 7.32. The Balaban J connectivity index is 1.85. The normalized spacial score (nSPS) is 11.7. The van der Waals surface area contributed by atoms with Gasteiger partial charge in [-0.05, 0) is 70.8 Å². The van der Waals surface area contributed by atoms with Crippen LogP contribution in [0.15, 0.2) is 71.6 Å². The molecule has 0 aliphatic rings. The molecule has 0 heterocycles. The van der Waals surface area contributed by atoms with Crippen LogP contribution in [0, 0.1) is 11.7 Å². The minimum absolute atomic E-state index is 0.115. The predicted molar refractivity (Wildman–Crippen MR) is 150 cm³/mol. The van der Waals surface area contributed by atoms with Gasteiger partial charge in [0.05, 0.1) is 0 Å². The fraction of sp³-hybridized carbons (Fsp3) is 0.367. The number of amides is 2. The second kappa shape index (κ2) is 12.4. The molecule has 204 valence electrons. The largest absolute Gasteiger partial charge is 0.379 e. The van der Waals surface area contributed by atoms with Gasteiger partial charge in [0.15, 0.2) is 0 Å². The quantitative estimate of drug-likeness (QED) is 0.270. The van der Waals surface area contributed by atoms with E-state index in [0.29, 0.717) is 12.1 Å². The van der Waals surface area contributed by atoms with Crippen LogP contribution in [0.1, 0.15) is 70.1 Å². The summed E-state index contributed by atoms with van der Waals surface area (Å²) in [6, 6.07) is 17.0. The molecule has 0 fully saturated rings.